The Morgan fingerprint density at radius 3 is 2.73 bits per heavy atom. The zero-order chi connectivity index (χ0) is 11.5. The predicted molar refractivity (Wildman–Crippen MR) is 56.6 cm³/mol. The van der Waals surface area contributed by atoms with Gasteiger partial charge in [-0.1, -0.05) is 6.92 Å². The van der Waals surface area contributed by atoms with Crippen LogP contribution in [0, 0.1) is 0 Å². The second-order valence-electron chi connectivity index (χ2n) is 3.43. The zero-order valence-electron chi connectivity index (χ0n) is 8.80. The Morgan fingerprint density at radius 2 is 2.20 bits per heavy atom. The zero-order valence-corrected chi connectivity index (χ0v) is 9.62. The number of rotatable bonds is 5. The normalized spacial score (nSPS) is 11.6. The first-order valence-corrected chi connectivity index (χ1v) is 6.73. The van der Waals surface area contributed by atoms with Crippen molar-refractivity contribution >= 4 is 15.6 Å². The fourth-order valence-electron chi connectivity index (χ4n) is 1.27. The minimum atomic E-state index is -3.27. The molecule has 1 rings (SSSR count). The molecule has 0 unspecified atom stereocenters. The number of aryl methyl sites for hydroxylation is 1. The maximum Gasteiger partial charge on any atom is 0.195 e. The molecule has 0 spiro atoms. The number of Topliss-reactive ketones (excluding diaryl/α,β-unsaturated/α-hetero) is 1. The molecular weight excluding hydrogens is 216 g/mol. The van der Waals surface area contributed by atoms with Gasteiger partial charge in [0.1, 0.15) is 11.4 Å². The summed E-state index contributed by atoms with van der Waals surface area (Å²) in [4.78, 5) is 11.6. The highest BCUT2D eigenvalue weighted by atomic mass is 32.2. The van der Waals surface area contributed by atoms with E-state index in [0.29, 0.717) is 12.2 Å². The van der Waals surface area contributed by atoms with Crippen LogP contribution < -0.4 is 0 Å². The molecule has 15 heavy (non-hydrogen) atoms. The largest absolute Gasteiger partial charge is 0.291 e. The molecule has 0 bridgehead atoms. The number of hydrogen-bond acceptors (Lipinski definition) is 4. The summed E-state index contributed by atoms with van der Waals surface area (Å²) in [6.07, 6.45) is 3.40. The van der Waals surface area contributed by atoms with Crippen LogP contribution in [0.5, 0.6) is 0 Å². The predicted octanol–water partition coefficient (Wildman–Crippen LogP) is 0.520. The molecule has 0 fully saturated rings. The van der Waals surface area contributed by atoms with E-state index in [1.54, 1.807) is 6.07 Å². The number of carbonyl (C=O) groups excluding carboxylic acids is 1. The third-order valence-electron chi connectivity index (χ3n) is 1.83. The van der Waals surface area contributed by atoms with Crippen molar-refractivity contribution in [2.24, 2.45) is 0 Å². The Morgan fingerprint density at radius 1 is 1.53 bits per heavy atom. The van der Waals surface area contributed by atoms with E-state index in [1.165, 1.54) is 10.9 Å². The van der Waals surface area contributed by atoms with E-state index < -0.39 is 21.4 Å². The molecule has 1 aromatic heterocycles. The van der Waals surface area contributed by atoms with E-state index in [9.17, 15) is 13.2 Å². The SMILES string of the molecule is CCCn1nccc1C(=O)CS(C)(=O)=O. The van der Waals surface area contributed by atoms with Gasteiger partial charge in [-0.25, -0.2) is 8.42 Å². The van der Waals surface area contributed by atoms with Crippen LogP contribution in [0.4, 0.5) is 0 Å². The molecule has 0 aliphatic rings. The quantitative estimate of drug-likeness (QED) is 0.691. The van der Waals surface area contributed by atoms with E-state index in [-0.39, 0.29) is 0 Å². The van der Waals surface area contributed by atoms with Crippen LogP contribution in [-0.2, 0) is 16.4 Å². The highest BCUT2D eigenvalue weighted by molar-refractivity contribution is 7.91. The number of aromatic nitrogens is 2. The van der Waals surface area contributed by atoms with Crippen LogP contribution in [0.25, 0.3) is 0 Å². The Kier molecular flexibility index (Phi) is 3.62. The first-order chi connectivity index (χ1) is 6.94. The van der Waals surface area contributed by atoms with Crippen molar-refractivity contribution in [1.29, 1.82) is 0 Å². The van der Waals surface area contributed by atoms with Gasteiger partial charge in [0, 0.05) is 19.0 Å². The molecule has 0 N–H and O–H groups in total. The smallest absolute Gasteiger partial charge is 0.195 e. The van der Waals surface area contributed by atoms with Gasteiger partial charge in [-0.2, -0.15) is 5.10 Å². The highest BCUT2D eigenvalue weighted by Gasteiger charge is 2.16. The van der Waals surface area contributed by atoms with E-state index >= 15 is 0 Å². The molecule has 0 atom stereocenters. The van der Waals surface area contributed by atoms with Gasteiger partial charge in [-0.15, -0.1) is 0 Å². The monoisotopic (exact) mass is 230 g/mol. The highest BCUT2D eigenvalue weighted by Crippen LogP contribution is 2.03. The van der Waals surface area contributed by atoms with Crippen molar-refractivity contribution in [3.63, 3.8) is 0 Å². The molecule has 0 saturated carbocycles. The molecule has 0 aliphatic heterocycles. The Balaban J connectivity index is 2.87. The first kappa shape index (κ1) is 11.9. The Hall–Kier alpha value is -1.17. The lowest BCUT2D eigenvalue weighted by atomic mass is 10.3. The maximum absolute atomic E-state index is 11.6. The van der Waals surface area contributed by atoms with Gasteiger partial charge in [0.15, 0.2) is 15.6 Å². The van der Waals surface area contributed by atoms with Gasteiger partial charge >= 0.3 is 0 Å². The fraction of sp³-hybridized carbons (Fsp3) is 0.556. The standard InChI is InChI=1S/C9H14N2O3S/c1-3-6-11-8(4-5-10-11)9(12)7-15(2,13)14/h4-5H,3,6-7H2,1-2H3. The summed E-state index contributed by atoms with van der Waals surface area (Å²) in [5.74, 6) is -0.856. The van der Waals surface area contributed by atoms with Gasteiger partial charge < -0.3 is 0 Å². The summed E-state index contributed by atoms with van der Waals surface area (Å²) in [5, 5.41) is 3.96. The first-order valence-electron chi connectivity index (χ1n) is 4.67. The number of sulfone groups is 1. The number of carbonyl (C=O) groups is 1. The summed E-state index contributed by atoms with van der Waals surface area (Å²) in [6, 6.07) is 1.54. The van der Waals surface area contributed by atoms with Crippen molar-refractivity contribution in [2.45, 2.75) is 19.9 Å². The van der Waals surface area contributed by atoms with Crippen LogP contribution in [0.15, 0.2) is 12.3 Å². The van der Waals surface area contributed by atoms with E-state index in [1.807, 2.05) is 6.92 Å². The Labute approximate surface area is 89.0 Å². The number of ketones is 1. The van der Waals surface area contributed by atoms with Crippen molar-refractivity contribution in [3.8, 4) is 0 Å². The third-order valence-corrected chi connectivity index (χ3v) is 2.62. The van der Waals surface area contributed by atoms with Crippen molar-refractivity contribution < 1.29 is 13.2 Å². The maximum atomic E-state index is 11.6. The van der Waals surface area contributed by atoms with Crippen LogP contribution in [0.2, 0.25) is 0 Å². The van der Waals surface area contributed by atoms with E-state index in [2.05, 4.69) is 5.10 Å². The van der Waals surface area contributed by atoms with Crippen molar-refractivity contribution in [3.05, 3.63) is 18.0 Å². The third kappa shape index (κ3) is 3.47. The number of nitrogens with zero attached hydrogens (tertiary/aromatic N) is 2. The lowest BCUT2D eigenvalue weighted by Gasteiger charge is -2.03. The molecule has 6 heteroatoms. The van der Waals surface area contributed by atoms with Crippen LogP contribution in [0.1, 0.15) is 23.8 Å². The van der Waals surface area contributed by atoms with E-state index in [0.717, 1.165) is 12.7 Å². The molecular formula is C9H14N2O3S. The second kappa shape index (κ2) is 4.57. The molecule has 1 heterocycles. The van der Waals surface area contributed by atoms with Gasteiger partial charge in [0.25, 0.3) is 0 Å². The topological polar surface area (TPSA) is 69.0 Å². The van der Waals surface area contributed by atoms with Gasteiger partial charge in [-0.05, 0) is 12.5 Å². The molecule has 0 radical (unpaired) electrons. The Bertz CT molecular complexity index is 448. The minimum Gasteiger partial charge on any atom is -0.291 e. The van der Waals surface area contributed by atoms with Crippen LogP contribution in [-0.4, -0.2) is 36.0 Å². The van der Waals surface area contributed by atoms with E-state index in [4.69, 9.17) is 0 Å². The molecule has 1 aromatic rings. The summed E-state index contributed by atoms with van der Waals surface area (Å²) in [7, 11) is -3.27. The molecule has 0 aromatic carbocycles. The molecule has 5 nitrogen and oxygen atoms in total. The second-order valence-corrected chi connectivity index (χ2v) is 5.57. The average Bonchev–Trinajstić information content (AvgIpc) is 2.49. The summed E-state index contributed by atoms with van der Waals surface area (Å²) < 4.78 is 23.4. The van der Waals surface area contributed by atoms with Crippen molar-refractivity contribution in [1.82, 2.24) is 9.78 Å². The molecule has 0 aliphatic carbocycles. The average molecular weight is 230 g/mol. The summed E-state index contributed by atoms with van der Waals surface area (Å²) >= 11 is 0. The molecule has 0 amide bonds. The van der Waals surface area contributed by atoms with Gasteiger partial charge in [-0.3, -0.25) is 9.48 Å². The number of hydrogen-bond donors (Lipinski definition) is 0. The molecule has 84 valence electrons. The summed E-state index contributed by atoms with van der Waals surface area (Å²) in [5.41, 5.74) is 0.363. The minimum absolute atomic E-state index is 0.363. The van der Waals surface area contributed by atoms with Crippen LogP contribution in [0.3, 0.4) is 0 Å². The lowest BCUT2D eigenvalue weighted by molar-refractivity contribution is 0.101. The van der Waals surface area contributed by atoms with Crippen LogP contribution >= 0.6 is 0 Å². The van der Waals surface area contributed by atoms with Gasteiger partial charge in [0.2, 0.25) is 0 Å². The fourth-order valence-corrected chi connectivity index (χ4v) is 1.90. The van der Waals surface area contributed by atoms with Crippen molar-refractivity contribution in [2.75, 3.05) is 12.0 Å². The lowest BCUT2D eigenvalue weighted by Crippen LogP contribution is -2.18. The van der Waals surface area contributed by atoms with Gasteiger partial charge in [0.05, 0.1) is 0 Å². The molecule has 0 saturated heterocycles. The summed E-state index contributed by atoms with van der Waals surface area (Å²) in [6.45, 7) is 2.59.